The van der Waals surface area contributed by atoms with Crippen LogP contribution in [-0.2, 0) is 0 Å². The van der Waals surface area contributed by atoms with E-state index in [1.807, 2.05) is 18.4 Å². The largest absolute Gasteiger partial charge is 0.332 e. The van der Waals surface area contributed by atoms with E-state index in [2.05, 4.69) is 10.1 Å². The molecule has 1 radical (unpaired) electrons. The van der Waals surface area contributed by atoms with Gasteiger partial charge in [0.2, 0.25) is 0 Å². The summed E-state index contributed by atoms with van der Waals surface area (Å²) in [6, 6.07) is 0. The molecule has 0 aromatic carbocycles. The average Bonchev–Trinajstić information content (AvgIpc) is 1.72. The van der Waals surface area contributed by atoms with Crippen molar-refractivity contribution in [3.05, 3.63) is 23.8 Å². The fraction of sp³-hybridized carbons (Fsp3) is 0. The lowest BCUT2D eigenvalue weighted by Crippen LogP contribution is -1.88. The molecule has 1 rings (SSSR count). The molecular formula is C4H4NS. The average molecular weight is 98.2 g/mol. The zero-order valence-electron chi connectivity index (χ0n) is 3.14. The van der Waals surface area contributed by atoms with Crippen LogP contribution in [0, 0.1) is 5.41 Å². The van der Waals surface area contributed by atoms with Gasteiger partial charge in [0.15, 0.2) is 0 Å². The number of hydrogen-bond acceptors (Lipinski definition) is 2. The molecule has 31 valence electrons. The molecule has 0 amide bonds. The second kappa shape index (κ2) is 1.92. The monoisotopic (exact) mass is 98.0 g/mol. The molecule has 1 N–H and O–H groups in total. The summed E-state index contributed by atoms with van der Waals surface area (Å²) in [5.74, 6) is 0. The van der Waals surface area contributed by atoms with E-state index >= 15 is 0 Å². The summed E-state index contributed by atoms with van der Waals surface area (Å²) >= 11 is 1.45. The Hall–Kier alpha value is -0.370. The molecule has 1 aliphatic rings. The quantitative estimate of drug-likeness (QED) is 0.455. The van der Waals surface area contributed by atoms with E-state index in [9.17, 15) is 0 Å². The van der Waals surface area contributed by atoms with Gasteiger partial charge >= 0.3 is 0 Å². The molecule has 0 spiro atoms. The van der Waals surface area contributed by atoms with Crippen LogP contribution in [0.1, 0.15) is 0 Å². The third kappa shape index (κ3) is 0.792. The minimum atomic E-state index is 1.45. The van der Waals surface area contributed by atoms with Crippen molar-refractivity contribution in [3.8, 4) is 0 Å². The second-order valence-corrected chi connectivity index (χ2v) is 1.54. The highest BCUT2D eigenvalue weighted by Gasteiger charge is 1.75. The summed E-state index contributed by atoms with van der Waals surface area (Å²) in [6.45, 7) is 0. The van der Waals surface area contributed by atoms with E-state index in [1.165, 1.54) is 11.9 Å². The molecule has 0 aliphatic carbocycles. The number of rotatable bonds is 0. The molecule has 0 saturated heterocycles. The summed E-state index contributed by atoms with van der Waals surface area (Å²) in [5, 5.41) is 2.88. The Morgan fingerprint density at radius 2 is 2.67 bits per heavy atom. The third-order valence-corrected chi connectivity index (χ3v) is 0.954. The highest BCUT2D eigenvalue weighted by Crippen LogP contribution is 1.97. The normalized spacial score (nSPS) is 17.3. The van der Waals surface area contributed by atoms with Gasteiger partial charge in [-0.3, -0.25) is 0 Å². The van der Waals surface area contributed by atoms with Gasteiger partial charge in [-0.15, -0.1) is 0 Å². The number of nitrogens with one attached hydrogen (secondary N) is 1. The molecule has 1 nitrogen and oxygen atoms in total. The predicted octanol–water partition coefficient (Wildman–Crippen LogP) is 1.07. The molecule has 6 heavy (non-hydrogen) atoms. The van der Waals surface area contributed by atoms with Gasteiger partial charge in [0.05, 0.1) is 0 Å². The Morgan fingerprint density at radius 1 is 1.67 bits per heavy atom. The SMILES string of the molecule is [C]1=CC=CNS1. The van der Waals surface area contributed by atoms with Crippen LogP contribution in [0.5, 0.6) is 0 Å². The van der Waals surface area contributed by atoms with Crippen molar-refractivity contribution < 1.29 is 0 Å². The van der Waals surface area contributed by atoms with Crippen LogP contribution in [0.3, 0.4) is 0 Å². The van der Waals surface area contributed by atoms with Gasteiger partial charge in [-0.05, 0) is 24.1 Å². The molecule has 0 bridgehead atoms. The fourth-order valence-corrected chi connectivity index (χ4v) is 0.590. The Balaban J connectivity index is 2.46. The first-order valence-corrected chi connectivity index (χ1v) is 2.47. The lowest BCUT2D eigenvalue weighted by molar-refractivity contribution is 1.41. The van der Waals surface area contributed by atoms with Crippen LogP contribution in [0.25, 0.3) is 0 Å². The van der Waals surface area contributed by atoms with Crippen LogP contribution in [0.2, 0.25) is 0 Å². The molecule has 0 saturated carbocycles. The van der Waals surface area contributed by atoms with E-state index < -0.39 is 0 Å². The van der Waals surface area contributed by atoms with Crippen molar-refractivity contribution in [1.82, 2.24) is 4.72 Å². The van der Waals surface area contributed by atoms with Crippen molar-refractivity contribution in [3.63, 3.8) is 0 Å². The molecule has 0 atom stereocenters. The summed E-state index contributed by atoms with van der Waals surface area (Å²) in [4.78, 5) is 0. The second-order valence-electron chi connectivity index (χ2n) is 0.864. The number of allylic oxidation sites excluding steroid dienone is 2. The summed E-state index contributed by atoms with van der Waals surface area (Å²) in [5.41, 5.74) is 0. The highest BCUT2D eigenvalue weighted by molar-refractivity contribution is 7.99. The Bertz CT molecular complexity index is 73.5. The zero-order chi connectivity index (χ0) is 4.24. The molecule has 1 heterocycles. The van der Waals surface area contributed by atoms with Crippen molar-refractivity contribution in [1.29, 1.82) is 0 Å². The van der Waals surface area contributed by atoms with Crippen molar-refractivity contribution in [2.24, 2.45) is 0 Å². The first-order valence-electron chi connectivity index (χ1n) is 1.65. The smallest absolute Gasteiger partial charge is 0.0439 e. The Labute approximate surface area is 41.3 Å². The minimum absolute atomic E-state index is 1.45. The van der Waals surface area contributed by atoms with Crippen LogP contribution in [0.15, 0.2) is 18.4 Å². The van der Waals surface area contributed by atoms with Gasteiger partial charge in [-0.25, -0.2) is 0 Å². The lowest BCUT2D eigenvalue weighted by Gasteiger charge is -1.92. The van der Waals surface area contributed by atoms with Gasteiger partial charge in [-0.1, -0.05) is 0 Å². The first-order chi connectivity index (χ1) is 3.00. The van der Waals surface area contributed by atoms with Gasteiger partial charge in [0.1, 0.15) is 0 Å². The van der Waals surface area contributed by atoms with E-state index in [-0.39, 0.29) is 0 Å². The molecular weight excluding hydrogens is 94.1 g/mol. The first kappa shape index (κ1) is 3.81. The van der Waals surface area contributed by atoms with Crippen LogP contribution < -0.4 is 4.72 Å². The molecule has 0 aromatic heterocycles. The molecule has 1 aliphatic heterocycles. The van der Waals surface area contributed by atoms with Crippen LogP contribution in [-0.4, -0.2) is 0 Å². The van der Waals surface area contributed by atoms with Crippen molar-refractivity contribution >= 4 is 11.9 Å². The third-order valence-electron chi connectivity index (χ3n) is 0.446. The van der Waals surface area contributed by atoms with Gasteiger partial charge in [0, 0.05) is 11.6 Å². The zero-order valence-corrected chi connectivity index (χ0v) is 3.96. The summed E-state index contributed by atoms with van der Waals surface area (Å²) in [7, 11) is 0. The maximum Gasteiger partial charge on any atom is 0.0439 e. The molecule has 0 fully saturated rings. The van der Waals surface area contributed by atoms with Crippen molar-refractivity contribution in [2.75, 3.05) is 0 Å². The highest BCUT2D eigenvalue weighted by atomic mass is 32.2. The lowest BCUT2D eigenvalue weighted by atomic mass is 10.6. The topological polar surface area (TPSA) is 12.0 Å². The van der Waals surface area contributed by atoms with E-state index in [4.69, 9.17) is 0 Å². The summed E-state index contributed by atoms with van der Waals surface area (Å²) < 4.78 is 2.88. The molecule has 0 unspecified atom stereocenters. The predicted molar refractivity (Wildman–Crippen MR) is 27.7 cm³/mol. The Morgan fingerprint density at radius 3 is 2.83 bits per heavy atom. The van der Waals surface area contributed by atoms with Crippen LogP contribution >= 0.6 is 11.9 Å². The molecule has 2 heteroatoms. The summed E-state index contributed by atoms with van der Waals surface area (Å²) in [6.07, 6.45) is 5.62. The van der Waals surface area contributed by atoms with Crippen LogP contribution in [0.4, 0.5) is 0 Å². The maximum absolute atomic E-state index is 2.88. The van der Waals surface area contributed by atoms with Crippen molar-refractivity contribution in [2.45, 2.75) is 0 Å². The van der Waals surface area contributed by atoms with E-state index in [0.717, 1.165) is 0 Å². The maximum atomic E-state index is 2.88. The molecule has 0 aromatic rings. The van der Waals surface area contributed by atoms with Gasteiger partial charge < -0.3 is 4.72 Å². The number of hydrogen-bond donors (Lipinski definition) is 1. The Kier molecular flexibility index (Phi) is 1.22. The minimum Gasteiger partial charge on any atom is -0.332 e. The van der Waals surface area contributed by atoms with Gasteiger partial charge in [0.25, 0.3) is 0 Å². The van der Waals surface area contributed by atoms with E-state index in [0.29, 0.717) is 0 Å². The fourth-order valence-electron chi connectivity index (χ4n) is 0.229. The standard InChI is InChI=1S/C4H4NS/c1-2-4-6-5-3-1/h1-3,5H. The van der Waals surface area contributed by atoms with Gasteiger partial charge in [-0.2, -0.15) is 0 Å². The van der Waals surface area contributed by atoms with E-state index in [1.54, 1.807) is 0 Å².